The molecule has 1 saturated heterocycles. The number of nitrogens with one attached hydrogen (secondary N) is 1. The molecule has 0 spiro atoms. The minimum Gasteiger partial charge on any atom is -0.367 e. The maximum absolute atomic E-state index is 6.27. The monoisotopic (exact) mass is 402 g/mol. The van der Waals surface area contributed by atoms with Gasteiger partial charge in [-0.3, -0.25) is 4.98 Å². The van der Waals surface area contributed by atoms with E-state index >= 15 is 0 Å². The van der Waals surface area contributed by atoms with Crippen LogP contribution in [0.3, 0.4) is 0 Å². The lowest BCUT2D eigenvalue weighted by atomic mass is 9.95. The van der Waals surface area contributed by atoms with Gasteiger partial charge < -0.3 is 16.0 Å². The molecule has 156 valence electrons. The first-order valence-electron chi connectivity index (χ1n) is 11.2. The molecule has 1 aliphatic carbocycles. The molecule has 3 N–H and O–H groups in total. The molecular weight excluding hydrogens is 372 g/mol. The highest BCUT2D eigenvalue weighted by molar-refractivity contribution is 5.94. The summed E-state index contributed by atoms with van der Waals surface area (Å²) in [7, 11) is 0. The van der Waals surface area contributed by atoms with Crippen LogP contribution in [0.2, 0.25) is 0 Å². The molecule has 0 amide bonds. The highest BCUT2D eigenvalue weighted by atomic mass is 15.2. The molecule has 0 aromatic carbocycles. The standard InChI is InChI=1S/C24H30N6/c25-19-5-4-12-30(16-19)24-21-9-10-26-15-18(21)13-22(29-24)17-8-11-27-23(14-17)28-20-6-2-1-3-7-20/h8-11,13-15,19-20H,1-7,12,16,25H2,(H,27,28). The molecule has 3 aromatic rings. The van der Waals surface area contributed by atoms with E-state index in [2.05, 4.69) is 38.4 Å². The highest BCUT2D eigenvalue weighted by Crippen LogP contribution is 2.32. The van der Waals surface area contributed by atoms with Crippen molar-refractivity contribution in [2.45, 2.75) is 57.0 Å². The van der Waals surface area contributed by atoms with E-state index in [0.29, 0.717) is 6.04 Å². The van der Waals surface area contributed by atoms with Crippen molar-refractivity contribution in [3.8, 4) is 11.3 Å². The average Bonchev–Trinajstić information content (AvgIpc) is 2.79. The molecule has 2 aliphatic rings. The van der Waals surface area contributed by atoms with Crippen molar-refractivity contribution >= 4 is 22.4 Å². The first-order chi connectivity index (χ1) is 14.8. The first kappa shape index (κ1) is 19.2. The Bertz CT molecular complexity index is 1010. The number of anilines is 2. The molecule has 3 aromatic heterocycles. The minimum atomic E-state index is 0.202. The van der Waals surface area contributed by atoms with E-state index < -0.39 is 0 Å². The van der Waals surface area contributed by atoms with Crippen LogP contribution in [0.25, 0.3) is 22.0 Å². The Morgan fingerprint density at radius 3 is 2.77 bits per heavy atom. The van der Waals surface area contributed by atoms with E-state index in [9.17, 15) is 0 Å². The van der Waals surface area contributed by atoms with Crippen LogP contribution in [0.5, 0.6) is 0 Å². The molecule has 0 bridgehead atoms. The van der Waals surface area contributed by atoms with Gasteiger partial charge in [0.2, 0.25) is 0 Å². The van der Waals surface area contributed by atoms with E-state index in [0.717, 1.165) is 59.6 Å². The smallest absolute Gasteiger partial charge is 0.137 e. The summed E-state index contributed by atoms with van der Waals surface area (Å²) < 4.78 is 0. The van der Waals surface area contributed by atoms with Crippen LogP contribution in [-0.2, 0) is 0 Å². The molecule has 6 nitrogen and oxygen atoms in total. The summed E-state index contributed by atoms with van der Waals surface area (Å²) in [4.78, 5) is 16.4. The van der Waals surface area contributed by atoms with E-state index in [1.807, 2.05) is 24.7 Å². The van der Waals surface area contributed by atoms with E-state index in [1.54, 1.807) is 0 Å². The second-order valence-electron chi connectivity index (χ2n) is 8.69. The lowest BCUT2D eigenvalue weighted by Gasteiger charge is -2.32. The van der Waals surface area contributed by atoms with Crippen molar-refractivity contribution in [1.29, 1.82) is 0 Å². The van der Waals surface area contributed by atoms with Gasteiger partial charge in [0, 0.05) is 60.1 Å². The van der Waals surface area contributed by atoms with Crippen molar-refractivity contribution in [3.05, 3.63) is 42.9 Å². The van der Waals surface area contributed by atoms with Gasteiger partial charge >= 0.3 is 0 Å². The fourth-order valence-electron chi connectivity index (χ4n) is 4.80. The van der Waals surface area contributed by atoms with Gasteiger partial charge in [-0.2, -0.15) is 0 Å². The van der Waals surface area contributed by atoms with Crippen molar-refractivity contribution in [2.24, 2.45) is 5.73 Å². The van der Waals surface area contributed by atoms with Crippen LogP contribution in [0.4, 0.5) is 11.6 Å². The number of nitrogens with two attached hydrogens (primary N) is 1. The molecule has 4 heterocycles. The number of hydrogen-bond donors (Lipinski definition) is 2. The normalized spacial score (nSPS) is 20.4. The van der Waals surface area contributed by atoms with E-state index in [4.69, 9.17) is 10.7 Å². The third kappa shape index (κ3) is 4.10. The number of rotatable bonds is 4. The van der Waals surface area contributed by atoms with Gasteiger partial charge in [-0.1, -0.05) is 19.3 Å². The number of pyridine rings is 3. The van der Waals surface area contributed by atoms with Crippen molar-refractivity contribution in [3.63, 3.8) is 0 Å². The highest BCUT2D eigenvalue weighted by Gasteiger charge is 2.21. The number of hydrogen-bond acceptors (Lipinski definition) is 6. The molecule has 0 radical (unpaired) electrons. The summed E-state index contributed by atoms with van der Waals surface area (Å²) >= 11 is 0. The van der Waals surface area contributed by atoms with Crippen LogP contribution >= 0.6 is 0 Å². The second kappa shape index (κ2) is 8.56. The summed E-state index contributed by atoms with van der Waals surface area (Å²) in [6.45, 7) is 1.84. The molecule has 2 fully saturated rings. The number of aromatic nitrogens is 3. The van der Waals surface area contributed by atoms with Crippen LogP contribution in [0, 0.1) is 0 Å². The molecule has 1 atom stereocenters. The van der Waals surface area contributed by atoms with Crippen molar-refractivity contribution < 1.29 is 0 Å². The van der Waals surface area contributed by atoms with Gasteiger partial charge in [-0.25, -0.2) is 9.97 Å². The summed E-state index contributed by atoms with van der Waals surface area (Å²) in [6.07, 6.45) is 14.2. The summed E-state index contributed by atoms with van der Waals surface area (Å²) in [5.74, 6) is 1.95. The number of fused-ring (bicyclic) bond motifs is 1. The molecule has 6 heteroatoms. The Morgan fingerprint density at radius 1 is 1.00 bits per heavy atom. The Hall–Kier alpha value is -2.73. The Balaban J connectivity index is 1.50. The van der Waals surface area contributed by atoms with Crippen molar-refractivity contribution in [2.75, 3.05) is 23.3 Å². The van der Waals surface area contributed by atoms with Crippen LogP contribution in [-0.4, -0.2) is 40.1 Å². The first-order valence-corrected chi connectivity index (χ1v) is 11.2. The van der Waals surface area contributed by atoms with E-state index in [-0.39, 0.29) is 6.04 Å². The van der Waals surface area contributed by atoms with Gasteiger partial charge in [0.05, 0.1) is 5.69 Å². The molecule has 30 heavy (non-hydrogen) atoms. The largest absolute Gasteiger partial charge is 0.367 e. The number of nitrogens with zero attached hydrogens (tertiary/aromatic N) is 4. The predicted molar refractivity (Wildman–Crippen MR) is 123 cm³/mol. The molecule has 1 aliphatic heterocycles. The van der Waals surface area contributed by atoms with Gasteiger partial charge in [0.1, 0.15) is 11.6 Å². The van der Waals surface area contributed by atoms with Gasteiger partial charge in [-0.15, -0.1) is 0 Å². The lowest BCUT2D eigenvalue weighted by molar-refractivity contribution is 0.462. The van der Waals surface area contributed by atoms with E-state index in [1.165, 1.54) is 32.1 Å². The third-order valence-electron chi connectivity index (χ3n) is 6.38. The topological polar surface area (TPSA) is 80.0 Å². The molecule has 1 unspecified atom stereocenters. The average molecular weight is 403 g/mol. The lowest BCUT2D eigenvalue weighted by Crippen LogP contribution is -2.43. The number of piperidine rings is 1. The van der Waals surface area contributed by atoms with Crippen LogP contribution in [0.15, 0.2) is 42.9 Å². The maximum Gasteiger partial charge on any atom is 0.137 e. The summed E-state index contributed by atoms with van der Waals surface area (Å²) in [5.41, 5.74) is 8.30. The second-order valence-corrected chi connectivity index (χ2v) is 8.69. The van der Waals surface area contributed by atoms with Gasteiger partial charge in [-0.05, 0) is 49.9 Å². The van der Waals surface area contributed by atoms with Gasteiger partial charge in [0.15, 0.2) is 0 Å². The third-order valence-corrected chi connectivity index (χ3v) is 6.38. The SMILES string of the molecule is NC1CCCN(c2nc(-c3ccnc(NC4CCCCC4)c3)cc3cnccc23)C1. The summed E-state index contributed by atoms with van der Waals surface area (Å²) in [6, 6.07) is 9.10. The molecule has 5 rings (SSSR count). The van der Waals surface area contributed by atoms with Crippen molar-refractivity contribution in [1.82, 2.24) is 15.0 Å². The fraction of sp³-hybridized carbons (Fsp3) is 0.458. The predicted octanol–water partition coefficient (Wildman–Crippen LogP) is 4.36. The van der Waals surface area contributed by atoms with Crippen LogP contribution in [0.1, 0.15) is 44.9 Å². The fourth-order valence-corrected chi connectivity index (χ4v) is 4.80. The quantitative estimate of drug-likeness (QED) is 0.675. The Kier molecular flexibility index (Phi) is 5.49. The zero-order valence-corrected chi connectivity index (χ0v) is 17.4. The zero-order valence-electron chi connectivity index (χ0n) is 17.4. The minimum absolute atomic E-state index is 0.202. The zero-order chi connectivity index (χ0) is 20.3. The molecule has 1 saturated carbocycles. The summed E-state index contributed by atoms with van der Waals surface area (Å²) in [5, 5.41) is 5.88. The maximum atomic E-state index is 6.27. The van der Waals surface area contributed by atoms with Gasteiger partial charge in [0.25, 0.3) is 0 Å². The Morgan fingerprint density at radius 2 is 1.90 bits per heavy atom. The Labute approximate surface area is 177 Å². The van der Waals surface area contributed by atoms with Crippen LogP contribution < -0.4 is 16.0 Å². The molecular formula is C24H30N6.